The Labute approximate surface area is 317 Å². The lowest BCUT2D eigenvalue weighted by Crippen LogP contribution is -2.33. The van der Waals surface area contributed by atoms with E-state index in [0.717, 1.165) is 48.9 Å². The molecule has 3 aromatic rings. The lowest BCUT2D eigenvalue weighted by Gasteiger charge is -2.44. The molecule has 3 aromatic carbocycles. The van der Waals surface area contributed by atoms with E-state index in [4.69, 9.17) is 0 Å². The van der Waals surface area contributed by atoms with E-state index in [2.05, 4.69) is 129 Å². The van der Waals surface area contributed by atoms with Crippen LogP contribution in [-0.4, -0.2) is 0 Å². The van der Waals surface area contributed by atoms with Crippen molar-refractivity contribution in [2.45, 2.75) is 132 Å². The van der Waals surface area contributed by atoms with E-state index in [9.17, 15) is 0 Å². The van der Waals surface area contributed by atoms with Crippen LogP contribution in [0.25, 0.3) is 28.3 Å². The highest BCUT2D eigenvalue weighted by Gasteiger charge is 2.41. The third-order valence-corrected chi connectivity index (χ3v) is 13.0. The second-order valence-electron chi connectivity index (χ2n) is 19.3. The molecule has 0 heteroatoms. The van der Waals surface area contributed by atoms with Crippen molar-refractivity contribution in [1.82, 2.24) is 0 Å². The molecule has 0 saturated heterocycles. The van der Waals surface area contributed by atoms with E-state index in [0.29, 0.717) is 11.3 Å². The van der Waals surface area contributed by atoms with Crippen molar-refractivity contribution < 1.29 is 0 Å². The Bertz CT molecular complexity index is 1870. The summed E-state index contributed by atoms with van der Waals surface area (Å²) in [5, 5.41) is 0. The molecule has 1 atom stereocenters. The van der Waals surface area contributed by atoms with E-state index in [1.54, 1.807) is 16.7 Å². The summed E-state index contributed by atoms with van der Waals surface area (Å²) in [6, 6.07) is 19.2. The van der Waals surface area contributed by atoms with Crippen LogP contribution >= 0.6 is 0 Å². The number of rotatable bonds is 9. The largest absolute Gasteiger partial charge is 0.0998 e. The molecule has 0 aromatic heterocycles. The van der Waals surface area contributed by atoms with Crippen molar-refractivity contribution in [3.63, 3.8) is 0 Å². The molecule has 0 N–H and O–H groups in total. The van der Waals surface area contributed by atoms with Gasteiger partial charge in [0.15, 0.2) is 0 Å². The van der Waals surface area contributed by atoms with Crippen LogP contribution in [0.15, 0.2) is 78.9 Å². The van der Waals surface area contributed by atoms with Gasteiger partial charge in [-0.2, -0.15) is 0 Å². The van der Waals surface area contributed by atoms with E-state index in [1.807, 2.05) is 0 Å². The molecule has 1 unspecified atom stereocenters. The van der Waals surface area contributed by atoms with E-state index in [1.165, 1.54) is 113 Å². The molecule has 0 amide bonds. The minimum absolute atomic E-state index is 0.500. The lowest BCUT2D eigenvalue weighted by molar-refractivity contribution is 0.108. The van der Waals surface area contributed by atoms with Gasteiger partial charge in [-0.1, -0.05) is 119 Å². The second kappa shape index (κ2) is 14.8. The highest BCUT2D eigenvalue weighted by atomic mass is 14.5. The first-order valence-corrected chi connectivity index (χ1v) is 20.9. The molecule has 3 saturated carbocycles. The van der Waals surface area contributed by atoms with Crippen molar-refractivity contribution >= 4 is 17.2 Å². The first kappa shape index (κ1) is 37.0. The molecule has 5 aliphatic carbocycles. The van der Waals surface area contributed by atoms with Gasteiger partial charge in [0.25, 0.3) is 0 Å². The molecule has 3 fully saturated rings. The zero-order valence-electron chi connectivity index (χ0n) is 33.9. The zero-order valence-corrected chi connectivity index (χ0v) is 33.9. The Hall–Kier alpha value is -3.38. The molecule has 52 heavy (non-hydrogen) atoms. The van der Waals surface area contributed by atoms with Gasteiger partial charge < -0.3 is 0 Å². The van der Waals surface area contributed by atoms with Gasteiger partial charge in [0, 0.05) is 5.92 Å². The van der Waals surface area contributed by atoms with Crippen LogP contribution < -0.4 is 0 Å². The average molecular weight is 691 g/mol. The molecule has 0 spiro atoms. The van der Waals surface area contributed by atoms with Crippen LogP contribution in [0.3, 0.4) is 0 Å². The molecule has 8 rings (SSSR count). The van der Waals surface area contributed by atoms with Crippen LogP contribution in [0, 0.1) is 48.9 Å². The quantitative estimate of drug-likeness (QED) is 0.196. The van der Waals surface area contributed by atoms with Crippen molar-refractivity contribution in [2.24, 2.45) is 35.0 Å². The highest BCUT2D eigenvalue weighted by Crippen LogP contribution is 2.55. The molecule has 0 bridgehead atoms. The predicted molar refractivity (Wildman–Crippen MR) is 228 cm³/mol. The molecular weight excluding hydrogens is 625 g/mol. The molecule has 0 radical (unpaired) electrons. The summed E-state index contributed by atoms with van der Waals surface area (Å²) in [6.07, 6.45) is 19.6. The van der Waals surface area contributed by atoms with Crippen molar-refractivity contribution in [3.05, 3.63) is 123 Å². The molecular formula is C52H66. The Morgan fingerprint density at radius 2 is 1.42 bits per heavy atom. The fraction of sp³-hybridized carbons (Fsp3) is 0.500. The van der Waals surface area contributed by atoms with Crippen LogP contribution in [0.4, 0.5) is 0 Å². The van der Waals surface area contributed by atoms with Gasteiger partial charge in [-0.05, 0) is 194 Å². The average Bonchev–Trinajstić information content (AvgIpc) is 3.72. The topological polar surface area (TPSA) is 0 Å². The number of fused-ring (bicyclic) bond motifs is 2. The van der Waals surface area contributed by atoms with Crippen molar-refractivity contribution in [3.8, 4) is 11.1 Å². The van der Waals surface area contributed by atoms with Crippen LogP contribution in [0.2, 0.25) is 0 Å². The fourth-order valence-electron chi connectivity index (χ4n) is 9.90. The summed E-state index contributed by atoms with van der Waals surface area (Å²) < 4.78 is 0. The van der Waals surface area contributed by atoms with Crippen LogP contribution in [0.5, 0.6) is 0 Å². The first-order chi connectivity index (χ1) is 24.8. The van der Waals surface area contributed by atoms with E-state index in [-0.39, 0.29) is 0 Å². The summed E-state index contributed by atoms with van der Waals surface area (Å²) in [7, 11) is 0. The number of hydrogen-bond donors (Lipinski definition) is 0. The summed E-state index contributed by atoms with van der Waals surface area (Å²) in [4.78, 5) is 0. The van der Waals surface area contributed by atoms with Crippen molar-refractivity contribution in [1.29, 1.82) is 0 Å². The van der Waals surface area contributed by atoms with Gasteiger partial charge in [-0.3, -0.25) is 0 Å². The SMILES string of the molecule is C=C(C)Cc1c(C)cc2c(c1-c1ccc(C)cc1)CC(c1ccc3c(c1)C(C1CCC(C4CC(C(=C)CC)C4)CC1)=CC3C1CC1)=C2.CC(C)(C)C. The zero-order chi connectivity index (χ0) is 36.9. The Balaban J connectivity index is 0.000000789. The standard InChI is InChI=1S/C47H54.C5H12/c1-7-30(5)37-22-38(23-37)32-12-14-34(15-13-32)44-27-43(33-16-17-33)41-19-18-36(25-46(41)44)39-24-40-21-31(6)42(20-28(2)3)47(45(40)26-39)35-10-8-29(4)9-11-35;1-5(2,3)4/h8-11,18-19,21,24-25,27,32-34,37-38,43H,2,5,7,12-17,20,22-23,26H2,1,3-4,6H3;1-4H3. The molecule has 0 aliphatic heterocycles. The summed E-state index contributed by atoms with van der Waals surface area (Å²) >= 11 is 0. The summed E-state index contributed by atoms with van der Waals surface area (Å²) in [5.41, 5.74) is 20.9. The van der Waals surface area contributed by atoms with Crippen molar-refractivity contribution in [2.75, 3.05) is 0 Å². The predicted octanol–water partition coefficient (Wildman–Crippen LogP) is 14.9. The number of hydrogen-bond acceptors (Lipinski definition) is 0. The monoisotopic (exact) mass is 691 g/mol. The molecule has 0 heterocycles. The lowest BCUT2D eigenvalue weighted by atomic mass is 9.61. The minimum Gasteiger partial charge on any atom is -0.0998 e. The summed E-state index contributed by atoms with van der Waals surface area (Å²) in [5.74, 6) is 4.97. The van der Waals surface area contributed by atoms with Gasteiger partial charge in [-0.25, -0.2) is 0 Å². The Morgan fingerprint density at radius 3 is 2.04 bits per heavy atom. The third kappa shape index (κ3) is 7.93. The number of aryl methyl sites for hydroxylation is 2. The smallest absolute Gasteiger partial charge is 0.00584 e. The van der Waals surface area contributed by atoms with Gasteiger partial charge in [0.05, 0.1) is 0 Å². The van der Waals surface area contributed by atoms with Crippen LogP contribution in [0.1, 0.15) is 150 Å². The van der Waals surface area contributed by atoms with E-state index < -0.39 is 0 Å². The molecule has 5 aliphatic rings. The Kier molecular flexibility index (Phi) is 10.5. The van der Waals surface area contributed by atoms with Gasteiger partial charge >= 0.3 is 0 Å². The normalized spacial score (nSPS) is 24.9. The number of benzene rings is 3. The van der Waals surface area contributed by atoms with Gasteiger partial charge in [0.2, 0.25) is 0 Å². The molecule has 274 valence electrons. The minimum atomic E-state index is 0.500. The maximum atomic E-state index is 4.36. The third-order valence-electron chi connectivity index (χ3n) is 13.0. The highest BCUT2D eigenvalue weighted by molar-refractivity contribution is 5.94. The summed E-state index contributed by atoms with van der Waals surface area (Å²) in [6.45, 7) is 26.3. The fourth-order valence-corrected chi connectivity index (χ4v) is 9.90. The van der Waals surface area contributed by atoms with Crippen LogP contribution in [-0.2, 0) is 12.8 Å². The second-order valence-corrected chi connectivity index (χ2v) is 19.3. The van der Waals surface area contributed by atoms with Gasteiger partial charge in [-0.15, -0.1) is 0 Å². The Morgan fingerprint density at radius 1 is 0.788 bits per heavy atom. The maximum Gasteiger partial charge on any atom is 0.00584 e. The first-order valence-electron chi connectivity index (χ1n) is 20.9. The van der Waals surface area contributed by atoms with Gasteiger partial charge in [0.1, 0.15) is 0 Å². The van der Waals surface area contributed by atoms with E-state index >= 15 is 0 Å². The molecule has 0 nitrogen and oxygen atoms in total. The maximum absolute atomic E-state index is 4.36. The number of allylic oxidation sites excluding steroid dienone is 5.